The zero-order valence-corrected chi connectivity index (χ0v) is 14.8. The van der Waals surface area contributed by atoms with Gasteiger partial charge < -0.3 is 10.1 Å². The van der Waals surface area contributed by atoms with Crippen molar-refractivity contribution in [2.75, 3.05) is 0 Å². The van der Waals surface area contributed by atoms with Crippen LogP contribution in [0.2, 0.25) is 0 Å². The van der Waals surface area contributed by atoms with Gasteiger partial charge in [0.05, 0.1) is 11.9 Å². The van der Waals surface area contributed by atoms with Crippen molar-refractivity contribution in [1.29, 1.82) is 0 Å². The molecule has 0 saturated carbocycles. The molecule has 1 N–H and O–H groups in total. The lowest BCUT2D eigenvalue weighted by molar-refractivity contribution is 0.304. The molecule has 1 aromatic heterocycles. The molecule has 0 aliphatic heterocycles. The first kappa shape index (κ1) is 16.2. The topological polar surface area (TPSA) is 34.1 Å². The Labute approximate surface area is 140 Å². The van der Waals surface area contributed by atoms with Crippen LogP contribution in [0.3, 0.4) is 0 Å². The number of nitrogens with one attached hydrogen (secondary N) is 1. The van der Waals surface area contributed by atoms with E-state index in [0.717, 1.165) is 23.6 Å². The molecule has 1 aromatic carbocycles. The summed E-state index contributed by atoms with van der Waals surface area (Å²) in [5.74, 6) is 0.799. The molecule has 4 heteroatoms. The largest absolute Gasteiger partial charge is 0.487 e. The van der Waals surface area contributed by atoms with Gasteiger partial charge in [-0.25, -0.2) is 0 Å². The van der Waals surface area contributed by atoms with E-state index in [1.54, 1.807) is 6.20 Å². The van der Waals surface area contributed by atoms with Crippen molar-refractivity contribution in [3.8, 4) is 5.75 Å². The number of rotatable bonds is 5. The van der Waals surface area contributed by atoms with E-state index in [1.165, 1.54) is 3.57 Å². The zero-order chi connectivity index (χ0) is 15.3. The van der Waals surface area contributed by atoms with Crippen molar-refractivity contribution in [2.24, 2.45) is 0 Å². The fourth-order valence-electron chi connectivity index (χ4n) is 1.70. The van der Waals surface area contributed by atoms with E-state index >= 15 is 0 Å². The molecule has 112 valence electrons. The van der Waals surface area contributed by atoms with E-state index < -0.39 is 0 Å². The van der Waals surface area contributed by atoms with Gasteiger partial charge >= 0.3 is 0 Å². The molecule has 2 aromatic rings. The quantitative estimate of drug-likeness (QED) is 0.771. The summed E-state index contributed by atoms with van der Waals surface area (Å²) in [6.07, 6.45) is 1.78. The summed E-state index contributed by atoms with van der Waals surface area (Å²) in [7, 11) is 0. The van der Waals surface area contributed by atoms with Gasteiger partial charge in [-0.3, -0.25) is 4.98 Å². The Morgan fingerprint density at radius 3 is 2.38 bits per heavy atom. The second-order valence-electron chi connectivity index (χ2n) is 6.00. The van der Waals surface area contributed by atoms with Crippen molar-refractivity contribution < 1.29 is 4.74 Å². The molecule has 0 spiro atoms. The van der Waals surface area contributed by atoms with Crippen LogP contribution in [0.25, 0.3) is 0 Å². The Balaban J connectivity index is 1.86. The number of nitrogens with zero attached hydrogens (tertiary/aromatic N) is 1. The summed E-state index contributed by atoms with van der Waals surface area (Å²) >= 11 is 2.30. The van der Waals surface area contributed by atoms with E-state index in [-0.39, 0.29) is 5.54 Å². The fourth-order valence-corrected chi connectivity index (χ4v) is 2.06. The summed E-state index contributed by atoms with van der Waals surface area (Å²) in [5.41, 5.74) is 2.28. The molecule has 0 radical (unpaired) electrons. The first-order chi connectivity index (χ1) is 9.92. The minimum absolute atomic E-state index is 0.0989. The molecule has 0 fully saturated rings. The maximum Gasteiger partial charge on any atom is 0.138 e. The van der Waals surface area contributed by atoms with Crippen LogP contribution in [0.4, 0.5) is 0 Å². The predicted octanol–water partition coefficient (Wildman–Crippen LogP) is 4.15. The third-order valence-electron chi connectivity index (χ3n) is 2.92. The van der Waals surface area contributed by atoms with E-state index in [0.29, 0.717) is 6.61 Å². The number of aromatic nitrogens is 1. The molecule has 0 aliphatic carbocycles. The van der Waals surface area contributed by atoms with Crippen LogP contribution in [0.1, 0.15) is 32.0 Å². The number of ether oxygens (including phenoxy) is 1. The summed E-state index contributed by atoms with van der Waals surface area (Å²) in [4.78, 5) is 4.42. The molecule has 0 unspecified atom stereocenters. The van der Waals surface area contributed by atoms with E-state index in [4.69, 9.17) is 4.74 Å². The highest BCUT2D eigenvalue weighted by atomic mass is 127. The lowest BCUT2D eigenvalue weighted by Gasteiger charge is -2.20. The number of hydrogen-bond acceptors (Lipinski definition) is 3. The molecule has 0 aliphatic rings. The van der Waals surface area contributed by atoms with Crippen LogP contribution in [-0.4, -0.2) is 10.5 Å². The van der Waals surface area contributed by atoms with Crippen molar-refractivity contribution in [3.05, 3.63) is 57.4 Å². The smallest absolute Gasteiger partial charge is 0.138 e. The number of hydrogen-bond donors (Lipinski definition) is 1. The maximum absolute atomic E-state index is 5.75. The molecule has 0 saturated heterocycles. The predicted molar refractivity (Wildman–Crippen MR) is 94.3 cm³/mol. The summed E-state index contributed by atoms with van der Waals surface area (Å²) in [6.45, 7) is 7.77. The van der Waals surface area contributed by atoms with Crippen molar-refractivity contribution in [2.45, 2.75) is 39.5 Å². The minimum Gasteiger partial charge on any atom is -0.487 e. The summed E-state index contributed by atoms with van der Waals surface area (Å²) in [6, 6.07) is 12.3. The van der Waals surface area contributed by atoms with E-state index in [1.807, 2.05) is 12.1 Å². The van der Waals surface area contributed by atoms with Crippen LogP contribution in [0.15, 0.2) is 42.6 Å². The highest BCUT2D eigenvalue weighted by Gasteiger charge is 2.08. The highest BCUT2D eigenvalue weighted by molar-refractivity contribution is 14.1. The lowest BCUT2D eigenvalue weighted by Crippen LogP contribution is -2.35. The third-order valence-corrected chi connectivity index (χ3v) is 3.64. The van der Waals surface area contributed by atoms with Crippen LogP contribution < -0.4 is 10.1 Å². The summed E-state index contributed by atoms with van der Waals surface area (Å²) in [5, 5.41) is 3.42. The molecule has 2 rings (SSSR count). The number of benzene rings is 1. The average molecular weight is 396 g/mol. The van der Waals surface area contributed by atoms with Crippen molar-refractivity contribution >= 4 is 22.6 Å². The normalized spacial score (nSPS) is 11.4. The molecule has 1 heterocycles. The molecular formula is C17H21IN2O. The van der Waals surface area contributed by atoms with Gasteiger partial charge in [0.2, 0.25) is 0 Å². The van der Waals surface area contributed by atoms with Gasteiger partial charge in [-0.2, -0.15) is 0 Å². The van der Waals surface area contributed by atoms with Gasteiger partial charge in [-0.15, -0.1) is 0 Å². The minimum atomic E-state index is 0.0989. The second kappa shape index (κ2) is 7.22. The van der Waals surface area contributed by atoms with Gasteiger partial charge in [0.15, 0.2) is 0 Å². The standard InChI is InChI=1S/C17H21IN2O/c1-17(2,3)20-10-15-8-9-16(11-19-15)21-12-13-4-6-14(18)7-5-13/h4-9,11,20H,10,12H2,1-3H3. The van der Waals surface area contributed by atoms with Crippen molar-refractivity contribution in [3.63, 3.8) is 0 Å². The fraction of sp³-hybridized carbons (Fsp3) is 0.353. The van der Waals surface area contributed by atoms with Gasteiger partial charge in [0.25, 0.3) is 0 Å². The second-order valence-corrected chi connectivity index (χ2v) is 7.25. The lowest BCUT2D eigenvalue weighted by atomic mass is 10.1. The summed E-state index contributed by atoms with van der Waals surface area (Å²) < 4.78 is 6.98. The Kier molecular flexibility index (Phi) is 5.58. The van der Waals surface area contributed by atoms with Gasteiger partial charge in [0.1, 0.15) is 12.4 Å². The maximum atomic E-state index is 5.75. The molecule has 21 heavy (non-hydrogen) atoms. The first-order valence-corrected chi connectivity index (χ1v) is 8.07. The highest BCUT2D eigenvalue weighted by Crippen LogP contribution is 2.13. The molecule has 0 bridgehead atoms. The average Bonchev–Trinajstić information content (AvgIpc) is 2.45. The van der Waals surface area contributed by atoms with Gasteiger partial charge in [-0.1, -0.05) is 12.1 Å². The van der Waals surface area contributed by atoms with Crippen LogP contribution >= 0.6 is 22.6 Å². The van der Waals surface area contributed by atoms with Gasteiger partial charge in [0, 0.05) is 15.7 Å². The van der Waals surface area contributed by atoms with Gasteiger partial charge in [-0.05, 0) is 73.2 Å². The van der Waals surface area contributed by atoms with E-state index in [9.17, 15) is 0 Å². The Morgan fingerprint density at radius 1 is 1.10 bits per heavy atom. The number of pyridine rings is 1. The van der Waals surface area contributed by atoms with Crippen LogP contribution in [0, 0.1) is 3.57 Å². The first-order valence-electron chi connectivity index (χ1n) is 6.99. The molecule has 3 nitrogen and oxygen atoms in total. The Hall–Kier alpha value is -1.14. The SMILES string of the molecule is CC(C)(C)NCc1ccc(OCc2ccc(I)cc2)cn1. The van der Waals surface area contributed by atoms with Crippen LogP contribution in [-0.2, 0) is 13.2 Å². The van der Waals surface area contributed by atoms with Crippen LogP contribution in [0.5, 0.6) is 5.75 Å². The molecule has 0 amide bonds. The van der Waals surface area contributed by atoms with Crippen molar-refractivity contribution in [1.82, 2.24) is 10.3 Å². The molecular weight excluding hydrogens is 375 g/mol. The zero-order valence-electron chi connectivity index (χ0n) is 12.7. The Bertz CT molecular complexity index is 559. The van der Waals surface area contributed by atoms with E-state index in [2.05, 4.69) is 77.9 Å². The molecule has 0 atom stereocenters. The monoisotopic (exact) mass is 396 g/mol. The Morgan fingerprint density at radius 2 is 1.81 bits per heavy atom. The third kappa shape index (κ3) is 6.01. The number of halogens is 1.